The summed E-state index contributed by atoms with van der Waals surface area (Å²) in [6.07, 6.45) is -1.31. The van der Waals surface area contributed by atoms with Gasteiger partial charge in [-0.25, -0.2) is 4.79 Å². The number of nitrogens with two attached hydrogens (primary N) is 4. The van der Waals surface area contributed by atoms with Crippen LogP contribution in [0.3, 0.4) is 0 Å². The molecule has 2 aromatic carbocycles. The largest absolute Gasteiger partial charge is 0.508 e. The Morgan fingerprint density at radius 1 is 0.548 bits per heavy atom. The van der Waals surface area contributed by atoms with Crippen LogP contribution in [0.15, 0.2) is 54.7 Å². The number of unbranched alkanes of at least 4 members (excludes halogenated alkanes) is 1. The molecule has 1 heterocycles. The van der Waals surface area contributed by atoms with Crippen LogP contribution in [0.25, 0.3) is 10.9 Å². The Morgan fingerprint density at radius 3 is 1.59 bits per heavy atom. The van der Waals surface area contributed by atoms with E-state index in [1.165, 1.54) is 24.3 Å². The highest BCUT2D eigenvalue weighted by atomic mass is 16.4. The van der Waals surface area contributed by atoms with E-state index >= 15 is 0 Å². The van der Waals surface area contributed by atoms with E-state index in [-0.39, 0.29) is 57.2 Å². The zero-order valence-corrected chi connectivity index (χ0v) is 39.3. The maximum atomic E-state index is 13.9. The van der Waals surface area contributed by atoms with Crippen LogP contribution in [0, 0.1) is 0 Å². The standard InChI is InChI=1S/C45H62N12O16/c46-14-4-3-7-28(39(66)57-34(21-59)44(71)53-30(17-36(49)62)41(68)55-32(45(72)73)16-23-19-50-27-6-2-1-5-25(23)27)51-42(69)31(18-37(63)64)54-40(67)29(15-22-8-10-24(60)11-9-22)52-43(70)33(20-58)56-38(65)26(47)12-13-35(48)61/h1-2,5-6,8-11,19,26,28-34,50,58-60H,3-4,7,12-18,20-21,46-47H2,(H2,48,61)(H2,49,62)(H,51,69)(H,52,70)(H,53,71)(H,54,67)(H,55,68)(H,56,65)(H,57,66)(H,63,64)(H,72,73)/t26-,28-,29-,30-,31-,32-,33-,34-/m0/s1. The number of aromatic amines is 1. The third-order valence-corrected chi connectivity index (χ3v) is 11.0. The number of aliphatic carboxylic acids is 2. The van der Waals surface area contributed by atoms with Crippen molar-refractivity contribution in [1.29, 1.82) is 0 Å². The molecule has 3 rings (SSSR count). The summed E-state index contributed by atoms with van der Waals surface area (Å²) in [6.45, 7) is -2.04. The molecule has 0 aliphatic rings. The number of aliphatic hydroxyl groups excluding tert-OH is 2. The monoisotopic (exact) mass is 1030 g/mol. The minimum Gasteiger partial charge on any atom is -0.508 e. The molecule has 21 N–H and O–H groups in total. The first-order chi connectivity index (χ1) is 34.6. The normalized spacial score (nSPS) is 14.3. The summed E-state index contributed by atoms with van der Waals surface area (Å²) < 4.78 is 0. The van der Waals surface area contributed by atoms with Crippen molar-refractivity contribution in [3.8, 4) is 5.75 Å². The zero-order chi connectivity index (χ0) is 54.4. The van der Waals surface area contributed by atoms with Gasteiger partial charge < -0.3 is 90.7 Å². The van der Waals surface area contributed by atoms with Crippen molar-refractivity contribution in [1.82, 2.24) is 42.2 Å². The van der Waals surface area contributed by atoms with Crippen LogP contribution in [-0.4, -0.2) is 164 Å². The number of hydrogen-bond donors (Lipinski definition) is 17. The molecule has 0 saturated carbocycles. The molecule has 3 aromatic rings. The van der Waals surface area contributed by atoms with Crippen molar-refractivity contribution in [2.24, 2.45) is 22.9 Å². The van der Waals surface area contributed by atoms with Crippen LogP contribution >= 0.6 is 0 Å². The van der Waals surface area contributed by atoms with E-state index in [1.807, 2.05) is 0 Å². The third-order valence-electron chi connectivity index (χ3n) is 11.0. The highest BCUT2D eigenvalue weighted by molar-refractivity contribution is 5.99. The highest BCUT2D eigenvalue weighted by Gasteiger charge is 2.35. The summed E-state index contributed by atoms with van der Waals surface area (Å²) in [6, 6.07) is -1.48. The van der Waals surface area contributed by atoms with Gasteiger partial charge in [-0.05, 0) is 61.6 Å². The van der Waals surface area contributed by atoms with E-state index in [0.29, 0.717) is 22.0 Å². The van der Waals surface area contributed by atoms with Gasteiger partial charge in [0, 0.05) is 36.4 Å². The predicted molar refractivity (Wildman–Crippen MR) is 255 cm³/mol. The van der Waals surface area contributed by atoms with Crippen molar-refractivity contribution >= 4 is 76.0 Å². The number of phenols is 1. The predicted octanol–water partition coefficient (Wildman–Crippen LogP) is -5.81. The molecule has 0 bridgehead atoms. The Hall–Kier alpha value is -8.21. The van der Waals surface area contributed by atoms with E-state index in [2.05, 4.69) is 42.2 Å². The molecule has 8 atom stereocenters. The molecule has 0 saturated heterocycles. The van der Waals surface area contributed by atoms with Gasteiger partial charge >= 0.3 is 11.9 Å². The molecule has 0 unspecified atom stereocenters. The fourth-order valence-corrected chi connectivity index (χ4v) is 7.08. The van der Waals surface area contributed by atoms with Crippen molar-refractivity contribution in [2.75, 3.05) is 19.8 Å². The Balaban J connectivity index is 1.82. The smallest absolute Gasteiger partial charge is 0.326 e. The number of carboxylic acid groups (broad SMARTS) is 2. The number of rotatable bonds is 32. The number of aromatic hydroxyl groups is 1. The second-order valence-electron chi connectivity index (χ2n) is 16.7. The summed E-state index contributed by atoms with van der Waals surface area (Å²) >= 11 is 0. The van der Waals surface area contributed by atoms with E-state index in [9.17, 15) is 78.3 Å². The number of hydrogen-bond acceptors (Lipinski definition) is 16. The lowest BCUT2D eigenvalue weighted by molar-refractivity contribution is -0.143. The molecule has 1 aromatic heterocycles. The van der Waals surface area contributed by atoms with Gasteiger partial charge in [0.2, 0.25) is 53.2 Å². The van der Waals surface area contributed by atoms with Crippen molar-refractivity contribution in [2.45, 2.75) is 106 Å². The Bertz CT molecular complexity index is 2450. The molecule has 73 heavy (non-hydrogen) atoms. The summed E-state index contributed by atoms with van der Waals surface area (Å²) in [4.78, 5) is 145. The average molecular weight is 1030 g/mol. The van der Waals surface area contributed by atoms with Crippen LogP contribution in [0.5, 0.6) is 5.75 Å². The quantitative estimate of drug-likeness (QED) is 0.0259. The Labute approximate surface area is 416 Å². The molecule has 9 amide bonds. The lowest BCUT2D eigenvalue weighted by Gasteiger charge is -2.27. The number of carbonyl (C=O) groups excluding carboxylic acids is 9. The first-order valence-corrected chi connectivity index (χ1v) is 22.7. The Kier molecular flexibility index (Phi) is 23.6. The molecule has 0 aliphatic carbocycles. The number of benzene rings is 2. The minimum atomic E-state index is -1.98. The van der Waals surface area contributed by atoms with Gasteiger partial charge in [-0.3, -0.25) is 47.9 Å². The molecule has 398 valence electrons. The Morgan fingerprint density at radius 2 is 1.04 bits per heavy atom. The highest BCUT2D eigenvalue weighted by Crippen LogP contribution is 2.19. The lowest BCUT2D eigenvalue weighted by Crippen LogP contribution is -2.61. The summed E-state index contributed by atoms with van der Waals surface area (Å²) in [7, 11) is 0. The number of nitrogens with one attached hydrogen (secondary N) is 8. The second-order valence-corrected chi connectivity index (χ2v) is 16.7. The van der Waals surface area contributed by atoms with Crippen LogP contribution < -0.4 is 60.2 Å². The topological polar surface area (TPSA) is 493 Å². The van der Waals surface area contributed by atoms with Gasteiger partial charge in [-0.15, -0.1) is 0 Å². The van der Waals surface area contributed by atoms with E-state index in [1.54, 1.807) is 30.5 Å². The number of amides is 9. The van der Waals surface area contributed by atoms with Crippen molar-refractivity contribution < 1.29 is 78.3 Å². The van der Waals surface area contributed by atoms with Crippen molar-refractivity contribution in [3.05, 3.63) is 65.9 Å². The number of phenolic OH excluding ortho intramolecular Hbond substituents is 1. The summed E-state index contributed by atoms with van der Waals surface area (Å²) in [5.41, 5.74) is 23.3. The molecular weight excluding hydrogens is 965 g/mol. The van der Waals surface area contributed by atoms with Crippen LogP contribution in [0.2, 0.25) is 0 Å². The van der Waals surface area contributed by atoms with Gasteiger partial charge in [0.05, 0.1) is 32.1 Å². The minimum absolute atomic E-state index is 0.118. The number of carboxylic acids is 2. The number of H-pyrrole nitrogens is 1. The number of aliphatic hydroxyl groups is 2. The second kappa shape index (κ2) is 29.2. The van der Waals surface area contributed by atoms with E-state index in [4.69, 9.17) is 22.9 Å². The first kappa shape index (κ1) is 59.1. The molecule has 28 nitrogen and oxygen atoms in total. The summed E-state index contributed by atoms with van der Waals surface area (Å²) in [5, 5.41) is 66.1. The fourth-order valence-electron chi connectivity index (χ4n) is 7.08. The van der Waals surface area contributed by atoms with E-state index < -0.39 is 139 Å². The van der Waals surface area contributed by atoms with Crippen LogP contribution in [-0.2, 0) is 65.6 Å². The zero-order valence-electron chi connectivity index (χ0n) is 39.3. The van der Waals surface area contributed by atoms with Crippen LogP contribution in [0.4, 0.5) is 0 Å². The number of carbonyl (C=O) groups is 11. The SMILES string of the molecule is NCCCC[C@H](NC(=O)[C@H](CC(=O)O)NC(=O)[C@H](Cc1ccc(O)cc1)NC(=O)[C@H](CO)NC(=O)[C@@H](N)CCC(N)=O)C(=O)N[C@@H](CO)C(=O)N[C@@H](CC(N)=O)C(=O)N[C@@H](Cc1c[nH]c2ccccc12)C(=O)O. The molecular formula is C45H62N12O16. The number of para-hydroxylation sites is 1. The maximum absolute atomic E-state index is 13.9. The van der Waals surface area contributed by atoms with Crippen LogP contribution in [0.1, 0.15) is 56.1 Å². The van der Waals surface area contributed by atoms with Gasteiger partial charge in [-0.2, -0.15) is 0 Å². The molecule has 0 fully saturated rings. The third kappa shape index (κ3) is 19.5. The lowest BCUT2D eigenvalue weighted by atomic mass is 10.0. The van der Waals surface area contributed by atoms with Gasteiger partial charge in [0.15, 0.2) is 0 Å². The number of aromatic nitrogens is 1. The first-order valence-electron chi connectivity index (χ1n) is 22.7. The van der Waals surface area contributed by atoms with Gasteiger partial charge in [0.1, 0.15) is 48.0 Å². The fraction of sp³-hybridized carbons (Fsp3) is 0.444. The number of fused-ring (bicyclic) bond motifs is 1. The molecule has 0 spiro atoms. The summed E-state index contributed by atoms with van der Waals surface area (Å²) in [5.74, 6) is -13.3. The van der Waals surface area contributed by atoms with E-state index in [0.717, 1.165) is 0 Å². The average Bonchev–Trinajstić information content (AvgIpc) is 3.75. The maximum Gasteiger partial charge on any atom is 0.326 e. The van der Waals surface area contributed by atoms with Gasteiger partial charge in [0.25, 0.3) is 0 Å². The van der Waals surface area contributed by atoms with Gasteiger partial charge in [-0.1, -0.05) is 30.3 Å². The van der Waals surface area contributed by atoms with Crippen molar-refractivity contribution in [3.63, 3.8) is 0 Å². The molecule has 0 aliphatic heterocycles. The number of primary amides is 2. The molecule has 0 radical (unpaired) electrons. The molecule has 28 heteroatoms.